The Hall–Kier alpha value is -1.57. The smallest absolute Gasteiger partial charge is 0.119 e. The van der Waals surface area contributed by atoms with E-state index in [0.717, 1.165) is 31.8 Å². The summed E-state index contributed by atoms with van der Waals surface area (Å²) < 4.78 is 5.58. The molecule has 18 heavy (non-hydrogen) atoms. The highest BCUT2D eigenvalue weighted by molar-refractivity contribution is 5.34. The van der Waals surface area contributed by atoms with Crippen LogP contribution in [0, 0.1) is 11.3 Å². The van der Waals surface area contributed by atoms with Gasteiger partial charge in [0.05, 0.1) is 17.2 Å². The number of aliphatic hydroxyl groups is 1. The van der Waals surface area contributed by atoms with Crippen molar-refractivity contribution in [1.82, 2.24) is 4.90 Å². The first-order valence-corrected chi connectivity index (χ1v) is 6.23. The third-order valence-electron chi connectivity index (χ3n) is 3.35. The molecule has 1 aromatic rings. The lowest BCUT2D eigenvalue weighted by atomic mass is 9.91. The van der Waals surface area contributed by atoms with Gasteiger partial charge in [0.15, 0.2) is 0 Å². The van der Waals surface area contributed by atoms with Crippen molar-refractivity contribution in [3.05, 3.63) is 29.8 Å². The van der Waals surface area contributed by atoms with Crippen molar-refractivity contribution in [2.75, 3.05) is 26.2 Å². The van der Waals surface area contributed by atoms with Crippen LogP contribution in [0.15, 0.2) is 24.3 Å². The van der Waals surface area contributed by atoms with Gasteiger partial charge in [-0.15, -0.1) is 0 Å². The Balaban J connectivity index is 1.69. The van der Waals surface area contributed by atoms with Crippen LogP contribution < -0.4 is 4.74 Å². The average Bonchev–Trinajstić information content (AvgIpc) is 2.37. The van der Waals surface area contributed by atoms with Gasteiger partial charge < -0.3 is 9.84 Å². The molecule has 0 aliphatic carbocycles. The van der Waals surface area contributed by atoms with E-state index in [-0.39, 0.29) is 0 Å². The van der Waals surface area contributed by atoms with Gasteiger partial charge in [-0.3, -0.25) is 4.90 Å². The molecule has 4 nitrogen and oxygen atoms in total. The number of nitriles is 1. The molecule has 0 unspecified atom stereocenters. The molecule has 1 N–H and O–H groups in total. The summed E-state index contributed by atoms with van der Waals surface area (Å²) in [7, 11) is 0. The molecule has 1 saturated heterocycles. The standard InChI is InChI=1S/C14H18N2O2/c1-2-14(17)10-16(11-14)7-8-18-13-5-3-12(9-15)4-6-13/h3-6,17H,2,7-8,10-11H2,1H3. The summed E-state index contributed by atoms with van der Waals surface area (Å²) in [4.78, 5) is 2.17. The van der Waals surface area contributed by atoms with Crippen LogP contribution in [-0.2, 0) is 0 Å². The van der Waals surface area contributed by atoms with E-state index in [1.54, 1.807) is 24.3 Å². The van der Waals surface area contributed by atoms with Gasteiger partial charge in [-0.1, -0.05) is 6.92 Å². The molecule has 1 aromatic carbocycles. The summed E-state index contributed by atoms with van der Waals surface area (Å²) >= 11 is 0. The maximum absolute atomic E-state index is 9.85. The summed E-state index contributed by atoms with van der Waals surface area (Å²) in [6, 6.07) is 9.17. The third kappa shape index (κ3) is 3.00. The molecule has 0 atom stereocenters. The lowest BCUT2D eigenvalue weighted by Crippen LogP contribution is -2.61. The predicted molar refractivity (Wildman–Crippen MR) is 68.3 cm³/mol. The van der Waals surface area contributed by atoms with E-state index >= 15 is 0 Å². The first-order chi connectivity index (χ1) is 8.65. The number of ether oxygens (including phenoxy) is 1. The van der Waals surface area contributed by atoms with Crippen molar-refractivity contribution in [2.24, 2.45) is 0 Å². The van der Waals surface area contributed by atoms with Crippen LogP contribution in [0.2, 0.25) is 0 Å². The molecule has 1 heterocycles. The van der Waals surface area contributed by atoms with E-state index in [1.807, 2.05) is 6.92 Å². The van der Waals surface area contributed by atoms with Crippen molar-refractivity contribution in [3.8, 4) is 11.8 Å². The SMILES string of the molecule is CCC1(O)CN(CCOc2ccc(C#N)cc2)C1. The average molecular weight is 246 g/mol. The first-order valence-electron chi connectivity index (χ1n) is 6.23. The minimum absolute atomic E-state index is 0.478. The number of rotatable bonds is 5. The van der Waals surface area contributed by atoms with Crippen molar-refractivity contribution in [3.63, 3.8) is 0 Å². The van der Waals surface area contributed by atoms with E-state index < -0.39 is 5.60 Å². The zero-order valence-corrected chi connectivity index (χ0v) is 10.6. The Morgan fingerprint density at radius 2 is 2.06 bits per heavy atom. The van der Waals surface area contributed by atoms with Gasteiger partial charge in [0.2, 0.25) is 0 Å². The Bertz CT molecular complexity index is 430. The molecule has 0 radical (unpaired) electrons. The fourth-order valence-corrected chi connectivity index (χ4v) is 2.09. The van der Waals surface area contributed by atoms with Crippen LogP contribution in [0.25, 0.3) is 0 Å². The number of benzene rings is 1. The lowest BCUT2D eigenvalue weighted by molar-refractivity contribution is -0.102. The largest absolute Gasteiger partial charge is 0.492 e. The Labute approximate surface area is 107 Å². The quantitative estimate of drug-likeness (QED) is 0.853. The number of hydrogen-bond acceptors (Lipinski definition) is 4. The van der Waals surface area contributed by atoms with E-state index in [4.69, 9.17) is 10.00 Å². The molecule has 1 fully saturated rings. The number of likely N-dealkylation sites (tertiary alicyclic amines) is 1. The maximum Gasteiger partial charge on any atom is 0.119 e. The van der Waals surface area contributed by atoms with Gasteiger partial charge >= 0.3 is 0 Å². The second kappa shape index (κ2) is 5.38. The molecule has 1 aliphatic heterocycles. The van der Waals surface area contributed by atoms with Crippen LogP contribution >= 0.6 is 0 Å². The Morgan fingerprint density at radius 3 is 2.61 bits per heavy atom. The molecule has 0 aromatic heterocycles. The fourth-order valence-electron chi connectivity index (χ4n) is 2.09. The topological polar surface area (TPSA) is 56.5 Å². The highest BCUT2D eigenvalue weighted by atomic mass is 16.5. The number of nitrogens with zero attached hydrogens (tertiary/aromatic N) is 2. The molecular weight excluding hydrogens is 228 g/mol. The van der Waals surface area contributed by atoms with Crippen LogP contribution in [-0.4, -0.2) is 41.8 Å². The molecular formula is C14H18N2O2. The number of hydrogen-bond donors (Lipinski definition) is 1. The summed E-state index contributed by atoms with van der Waals surface area (Å²) in [5.41, 5.74) is 0.159. The first kappa shape index (κ1) is 12.9. The van der Waals surface area contributed by atoms with Crippen LogP contribution in [0.1, 0.15) is 18.9 Å². The normalized spacial score (nSPS) is 17.8. The van der Waals surface area contributed by atoms with Gasteiger partial charge in [-0.25, -0.2) is 0 Å². The van der Waals surface area contributed by atoms with Crippen LogP contribution in [0.5, 0.6) is 5.75 Å². The molecule has 96 valence electrons. The molecule has 0 amide bonds. The second-order valence-corrected chi connectivity index (χ2v) is 4.77. The highest BCUT2D eigenvalue weighted by Gasteiger charge is 2.38. The summed E-state index contributed by atoms with van der Waals surface area (Å²) in [5, 5.41) is 18.5. The molecule has 0 spiro atoms. The fraction of sp³-hybridized carbons (Fsp3) is 0.500. The monoisotopic (exact) mass is 246 g/mol. The Kier molecular flexibility index (Phi) is 3.85. The van der Waals surface area contributed by atoms with Gasteiger partial charge in [0.1, 0.15) is 12.4 Å². The van der Waals surface area contributed by atoms with Crippen LogP contribution in [0.3, 0.4) is 0 Å². The zero-order valence-electron chi connectivity index (χ0n) is 10.6. The second-order valence-electron chi connectivity index (χ2n) is 4.77. The summed E-state index contributed by atoms with van der Waals surface area (Å²) in [6.45, 7) is 4.90. The summed E-state index contributed by atoms with van der Waals surface area (Å²) in [5.74, 6) is 0.778. The number of β-amino-alcohol motifs (C(OH)–C–C–N with tert-alkyl or cyclic N) is 1. The van der Waals surface area contributed by atoms with Gasteiger partial charge in [0, 0.05) is 19.6 Å². The van der Waals surface area contributed by atoms with Crippen molar-refractivity contribution < 1.29 is 9.84 Å². The third-order valence-corrected chi connectivity index (χ3v) is 3.35. The van der Waals surface area contributed by atoms with Crippen molar-refractivity contribution in [1.29, 1.82) is 5.26 Å². The highest BCUT2D eigenvalue weighted by Crippen LogP contribution is 2.23. The lowest BCUT2D eigenvalue weighted by Gasteiger charge is -2.46. The van der Waals surface area contributed by atoms with E-state index in [9.17, 15) is 5.11 Å². The summed E-state index contributed by atoms with van der Waals surface area (Å²) in [6.07, 6.45) is 0.806. The zero-order chi connectivity index (χ0) is 13.0. The molecule has 2 rings (SSSR count). The maximum atomic E-state index is 9.85. The van der Waals surface area contributed by atoms with Crippen molar-refractivity contribution in [2.45, 2.75) is 18.9 Å². The van der Waals surface area contributed by atoms with Crippen LogP contribution in [0.4, 0.5) is 0 Å². The van der Waals surface area contributed by atoms with Gasteiger partial charge in [-0.05, 0) is 30.7 Å². The van der Waals surface area contributed by atoms with E-state index in [0.29, 0.717) is 12.2 Å². The molecule has 1 aliphatic rings. The predicted octanol–water partition coefficient (Wildman–Crippen LogP) is 1.39. The van der Waals surface area contributed by atoms with E-state index in [2.05, 4.69) is 11.0 Å². The molecule has 0 saturated carbocycles. The van der Waals surface area contributed by atoms with Gasteiger partial charge in [-0.2, -0.15) is 5.26 Å². The Morgan fingerprint density at radius 1 is 1.39 bits per heavy atom. The molecule has 4 heteroatoms. The minimum atomic E-state index is -0.478. The van der Waals surface area contributed by atoms with E-state index in [1.165, 1.54) is 0 Å². The minimum Gasteiger partial charge on any atom is -0.492 e. The van der Waals surface area contributed by atoms with Crippen molar-refractivity contribution >= 4 is 0 Å². The molecule has 0 bridgehead atoms. The van der Waals surface area contributed by atoms with Gasteiger partial charge in [0.25, 0.3) is 0 Å².